The maximum absolute atomic E-state index is 6.21. The summed E-state index contributed by atoms with van der Waals surface area (Å²) < 4.78 is 1.75. The van der Waals surface area contributed by atoms with Gasteiger partial charge < -0.3 is 0 Å². The van der Waals surface area contributed by atoms with Crippen molar-refractivity contribution in [2.45, 2.75) is 0 Å². The molecular formula is C14H9ClN6. The molecule has 0 aliphatic carbocycles. The molecule has 102 valence electrons. The Balaban J connectivity index is 1.93. The highest BCUT2D eigenvalue weighted by Gasteiger charge is 2.10. The molecule has 1 N–H and O–H groups in total. The first kappa shape index (κ1) is 12.0. The van der Waals surface area contributed by atoms with E-state index in [1.807, 2.05) is 30.3 Å². The summed E-state index contributed by atoms with van der Waals surface area (Å²) in [5.41, 5.74) is 2.44. The van der Waals surface area contributed by atoms with E-state index in [-0.39, 0.29) is 0 Å². The number of aromatic amines is 1. The zero-order chi connectivity index (χ0) is 14.2. The Bertz CT molecular complexity index is 912. The van der Waals surface area contributed by atoms with Gasteiger partial charge >= 0.3 is 0 Å². The number of H-pyrrole nitrogens is 1. The molecule has 0 unspecified atom stereocenters. The van der Waals surface area contributed by atoms with Crippen molar-refractivity contribution in [1.82, 2.24) is 29.9 Å². The van der Waals surface area contributed by atoms with Crippen molar-refractivity contribution in [2.24, 2.45) is 0 Å². The fourth-order valence-electron chi connectivity index (χ4n) is 2.23. The van der Waals surface area contributed by atoms with E-state index < -0.39 is 0 Å². The van der Waals surface area contributed by atoms with Crippen molar-refractivity contribution in [3.63, 3.8) is 0 Å². The molecule has 4 aromatic rings. The molecule has 0 fully saturated rings. The molecule has 0 aliphatic heterocycles. The lowest BCUT2D eigenvalue weighted by Crippen LogP contribution is -1.98. The summed E-state index contributed by atoms with van der Waals surface area (Å²) in [5, 5.41) is 12.6. The third-order valence-corrected chi connectivity index (χ3v) is 3.36. The van der Waals surface area contributed by atoms with Crippen LogP contribution in [0.2, 0.25) is 5.02 Å². The van der Waals surface area contributed by atoms with Crippen LogP contribution in [0, 0.1) is 0 Å². The molecular weight excluding hydrogens is 288 g/mol. The van der Waals surface area contributed by atoms with Crippen LogP contribution in [0.5, 0.6) is 0 Å². The average Bonchev–Trinajstić information content (AvgIpc) is 3.16. The Kier molecular flexibility index (Phi) is 2.68. The minimum atomic E-state index is 0.596. The van der Waals surface area contributed by atoms with E-state index in [9.17, 15) is 0 Å². The second-order valence-electron chi connectivity index (χ2n) is 4.50. The normalized spacial score (nSPS) is 11.1. The molecule has 3 aromatic heterocycles. The molecule has 4 rings (SSSR count). The number of nitrogens with zero attached hydrogens (tertiary/aromatic N) is 5. The van der Waals surface area contributed by atoms with E-state index in [1.165, 1.54) is 6.33 Å². The summed E-state index contributed by atoms with van der Waals surface area (Å²) >= 11 is 6.21. The second-order valence-corrected chi connectivity index (χ2v) is 4.94. The number of fused-ring (bicyclic) bond motifs is 1. The number of benzene rings is 1. The standard InChI is InChI=1S/C14H9ClN6/c15-11-4-10(13-17-8-18-20-13)5-12(6-11)21-14-9(7-19-21)2-1-3-16-14/h1-8H,(H,17,18,20). The molecule has 0 radical (unpaired) electrons. The van der Waals surface area contributed by atoms with Crippen LogP contribution < -0.4 is 0 Å². The molecule has 21 heavy (non-hydrogen) atoms. The predicted molar refractivity (Wildman–Crippen MR) is 79.3 cm³/mol. The molecule has 6 nitrogen and oxygen atoms in total. The van der Waals surface area contributed by atoms with Crippen molar-refractivity contribution in [3.8, 4) is 17.1 Å². The van der Waals surface area contributed by atoms with Crippen LogP contribution in [0.4, 0.5) is 0 Å². The van der Waals surface area contributed by atoms with Gasteiger partial charge in [-0.2, -0.15) is 10.2 Å². The highest BCUT2D eigenvalue weighted by molar-refractivity contribution is 6.31. The third-order valence-electron chi connectivity index (χ3n) is 3.15. The minimum absolute atomic E-state index is 0.596. The van der Waals surface area contributed by atoms with Crippen molar-refractivity contribution >= 4 is 22.6 Å². The first-order valence-electron chi connectivity index (χ1n) is 6.27. The van der Waals surface area contributed by atoms with Crippen LogP contribution in [-0.4, -0.2) is 29.9 Å². The van der Waals surface area contributed by atoms with Gasteiger partial charge in [0.1, 0.15) is 6.33 Å². The lowest BCUT2D eigenvalue weighted by Gasteiger charge is -2.06. The molecule has 0 amide bonds. The fraction of sp³-hybridized carbons (Fsp3) is 0. The SMILES string of the molecule is Clc1cc(-c2ncn[nH]2)cc(-n2ncc3cccnc32)c1. The van der Waals surface area contributed by atoms with Gasteiger partial charge in [0.2, 0.25) is 0 Å². The van der Waals surface area contributed by atoms with Crippen LogP contribution in [-0.2, 0) is 0 Å². The van der Waals surface area contributed by atoms with Gasteiger partial charge in [-0.1, -0.05) is 11.6 Å². The zero-order valence-corrected chi connectivity index (χ0v) is 11.5. The lowest BCUT2D eigenvalue weighted by atomic mass is 10.2. The van der Waals surface area contributed by atoms with Gasteiger partial charge in [0, 0.05) is 22.2 Å². The highest BCUT2D eigenvalue weighted by atomic mass is 35.5. The zero-order valence-electron chi connectivity index (χ0n) is 10.7. The van der Waals surface area contributed by atoms with E-state index in [4.69, 9.17) is 11.6 Å². The fourth-order valence-corrected chi connectivity index (χ4v) is 2.46. The van der Waals surface area contributed by atoms with Crippen LogP contribution in [0.25, 0.3) is 28.1 Å². The molecule has 0 bridgehead atoms. The molecule has 7 heteroatoms. The van der Waals surface area contributed by atoms with Gasteiger partial charge in [0.15, 0.2) is 11.5 Å². The Hall–Kier alpha value is -2.73. The number of rotatable bonds is 2. The lowest BCUT2D eigenvalue weighted by molar-refractivity contribution is 0.897. The van der Waals surface area contributed by atoms with Crippen LogP contribution in [0.15, 0.2) is 49.1 Å². The summed E-state index contributed by atoms with van der Waals surface area (Å²) in [6.45, 7) is 0. The van der Waals surface area contributed by atoms with Crippen LogP contribution in [0.1, 0.15) is 0 Å². The number of hydrogen-bond acceptors (Lipinski definition) is 4. The largest absolute Gasteiger partial charge is 0.259 e. The van der Waals surface area contributed by atoms with E-state index in [0.717, 1.165) is 22.3 Å². The molecule has 1 aromatic carbocycles. The van der Waals surface area contributed by atoms with E-state index in [0.29, 0.717) is 10.8 Å². The quantitative estimate of drug-likeness (QED) is 0.617. The Labute approximate surface area is 124 Å². The number of nitrogens with one attached hydrogen (secondary N) is 1. The maximum atomic E-state index is 6.21. The van der Waals surface area contributed by atoms with Crippen LogP contribution >= 0.6 is 11.6 Å². The first-order valence-corrected chi connectivity index (χ1v) is 6.64. The monoisotopic (exact) mass is 296 g/mol. The van der Waals surface area contributed by atoms with E-state index >= 15 is 0 Å². The van der Waals surface area contributed by atoms with Gasteiger partial charge in [0.05, 0.1) is 11.9 Å². The van der Waals surface area contributed by atoms with Crippen molar-refractivity contribution in [2.75, 3.05) is 0 Å². The molecule has 0 saturated heterocycles. The van der Waals surface area contributed by atoms with E-state index in [2.05, 4.69) is 25.3 Å². The summed E-state index contributed by atoms with van der Waals surface area (Å²) in [6.07, 6.45) is 4.97. The summed E-state index contributed by atoms with van der Waals surface area (Å²) in [5.74, 6) is 0.656. The number of aromatic nitrogens is 6. The molecule has 0 aliphatic rings. The van der Waals surface area contributed by atoms with Gasteiger partial charge in [-0.3, -0.25) is 5.10 Å². The summed E-state index contributed by atoms with van der Waals surface area (Å²) in [4.78, 5) is 8.50. The summed E-state index contributed by atoms with van der Waals surface area (Å²) in [7, 11) is 0. The van der Waals surface area contributed by atoms with Gasteiger partial charge in [-0.15, -0.1) is 0 Å². The Morgan fingerprint density at radius 2 is 2.10 bits per heavy atom. The van der Waals surface area contributed by atoms with Crippen molar-refractivity contribution < 1.29 is 0 Å². The number of hydrogen-bond donors (Lipinski definition) is 1. The third kappa shape index (κ3) is 2.05. The van der Waals surface area contributed by atoms with Gasteiger partial charge in [0.25, 0.3) is 0 Å². The van der Waals surface area contributed by atoms with Crippen molar-refractivity contribution in [1.29, 1.82) is 0 Å². The van der Waals surface area contributed by atoms with E-state index in [1.54, 1.807) is 17.1 Å². The second kappa shape index (κ2) is 4.68. The average molecular weight is 297 g/mol. The topological polar surface area (TPSA) is 72.3 Å². The molecule has 0 spiro atoms. The molecule has 0 saturated carbocycles. The number of pyridine rings is 1. The first-order chi connectivity index (χ1) is 10.3. The molecule has 3 heterocycles. The maximum Gasteiger partial charge on any atom is 0.162 e. The smallest absolute Gasteiger partial charge is 0.162 e. The highest BCUT2D eigenvalue weighted by Crippen LogP contribution is 2.25. The Morgan fingerprint density at radius 1 is 1.14 bits per heavy atom. The van der Waals surface area contributed by atoms with Gasteiger partial charge in [-0.05, 0) is 30.3 Å². The Morgan fingerprint density at radius 3 is 2.95 bits per heavy atom. The minimum Gasteiger partial charge on any atom is -0.259 e. The van der Waals surface area contributed by atoms with Crippen molar-refractivity contribution in [3.05, 3.63) is 54.1 Å². The van der Waals surface area contributed by atoms with Gasteiger partial charge in [-0.25, -0.2) is 14.6 Å². The molecule has 0 atom stereocenters. The number of halogens is 1. The van der Waals surface area contributed by atoms with Crippen LogP contribution in [0.3, 0.4) is 0 Å². The predicted octanol–water partition coefficient (Wildman–Crippen LogP) is 2.86. The summed E-state index contributed by atoms with van der Waals surface area (Å²) in [6, 6.07) is 9.45.